The van der Waals surface area contributed by atoms with E-state index in [-0.39, 0.29) is 0 Å². The Balaban J connectivity index is 1.55. The molecular formula is C15H22N6O2. The standard InChI is InChI=1S/C15H22N6O2/c1-16-15(21-6-5-11(9-21)10-22-2)17-8-13-18-14(20-19-13)12-4-3-7-23-12/h3-4,7,11H,5-6,8-10H2,1-2H3,(H,16,17)(H,18,19,20). The van der Waals surface area contributed by atoms with Gasteiger partial charge >= 0.3 is 0 Å². The highest BCUT2D eigenvalue weighted by Gasteiger charge is 2.24. The molecule has 23 heavy (non-hydrogen) atoms. The van der Waals surface area contributed by atoms with Gasteiger partial charge in [0.05, 0.1) is 19.4 Å². The fraction of sp³-hybridized carbons (Fsp3) is 0.533. The fourth-order valence-corrected chi connectivity index (χ4v) is 2.78. The van der Waals surface area contributed by atoms with E-state index in [1.165, 1.54) is 0 Å². The van der Waals surface area contributed by atoms with Gasteiger partial charge in [-0.05, 0) is 18.6 Å². The molecule has 0 bridgehead atoms. The lowest BCUT2D eigenvalue weighted by molar-refractivity contribution is 0.157. The highest BCUT2D eigenvalue weighted by atomic mass is 16.5. The Morgan fingerprint density at radius 1 is 1.61 bits per heavy atom. The molecule has 0 aliphatic carbocycles. The molecule has 0 radical (unpaired) electrons. The maximum atomic E-state index is 5.29. The Labute approximate surface area is 134 Å². The number of hydrogen-bond donors (Lipinski definition) is 2. The number of aliphatic imine (C=N–C) groups is 1. The molecule has 3 rings (SSSR count). The van der Waals surface area contributed by atoms with Crippen molar-refractivity contribution in [1.29, 1.82) is 0 Å². The predicted molar refractivity (Wildman–Crippen MR) is 85.8 cm³/mol. The average molecular weight is 318 g/mol. The molecule has 1 unspecified atom stereocenters. The van der Waals surface area contributed by atoms with Crippen LogP contribution in [0.2, 0.25) is 0 Å². The number of likely N-dealkylation sites (tertiary alicyclic amines) is 1. The van der Waals surface area contributed by atoms with Crippen LogP contribution in [0.4, 0.5) is 0 Å². The summed E-state index contributed by atoms with van der Waals surface area (Å²) in [6, 6.07) is 3.65. The molecule has 3 heterocycles. The Bertz CT molecular complexity index is 636. The first-order chi connectivity index (χ1) is 11.3. The molecule has 2 aromatic heterocycles. The number of rotatable bonds is 5. The second-order valence-corrected chi connectivity index (χ2v) is 5.54. The zero-order valence-electron chi connectivity index (χ0n) is 13.5. The van der Waals surface area contributed by atoms with Crippen LogP contribution < -0.4 is 5.32 Å². The van der Waals surface area contributed by atoms with Gasteiger partial charge in [0.2, 0.25) is 5.82 Å². The molecule has 0 spiro atoms. The second-order valence-electron chi connectivity index (χ2n) is 5.54. The summed E-state index contributed by atoms with van der Waals surface area (Å²) in [7, 11) is 3.54. The SMILES string of the molecule is CN=C(NCc1nc(-c2ccco2)n[nH]1)N1CCC(COC)C1. The molecule has 1 aliphatic heterocycles. The van der Waals surface area contributed by atoms with Crippen LogP contribution in [-0.4, -0.2) is 59.9 Å². The van der Waals surface area contributed by atoms with Crippen molar-refractivity contribution in [1.82, 2.24) is 25.4 Å². The maximum absolute atomic E-state index is 5.29. The van der Waals surface area contributed by atoms with E-state index in [0.717, 1.165) is 37.9 Å². The highest BCUT2D eigenvalue weighted by molar-refractivity contribution is 5.80. The number of aromatic nitrogens is 3. The first-order valence-electron chi connectivity index (χ1n) is 7.70. The van der Waals surface area contributed by atoms with Crippen molar-refractivity contribution >= 4 is 5.96 Å². The summed E-state index contributed by atoms with van der Waals surface area (Å²) in [6.45, 7) is 3.28. The van der Waals surface area contributed by atoms with E-state index in [9.17, 15) is 0 Å². The molecule has 1 fully saturated rings. The van der Waals surface area contributed by atoms with Gasteiger partial charge in [0.15, 0.2) is 11.7 Å². The summed E-state index contributed by atoms with van der Waals surface area (Å²) in [4.78, 5) is 11.0. The minimum Gasteiger partial charge on any atom is -0.461 e. The van der Waals surface area contributed by atoms with Crippen LogP contribution in [0.25, 0.3) is 11.6 Å². The lowest BCUT2D eigenvalue weighted by Gasteiger charge is -2.21. The van der Waals surface area contributed by atoms with Crippen LogP contribution in [0.15, 0.2) is 27.8 Å². The predicted octanol–water partition coefficient (Wildman–Crippen LogP) is 1.11. The van der Waals surface area contributed by atoms with Crippen molar-refractivity contribution in [2.24, 2.45) is 10.9 Å². The molecule has 1 aliphatic rings. The van der Waals surface area contributed by atoms with Crippen LogP contribution >= 0.6 is 0 Å². The summed E-state index contributed by atoms with van der Waals surface area (Å²) < 4.78 is 10.5. The Morgan fingerprint density at radius 3 is 3.26 bits per heavy atom. The van der Waals surface area contributed by atoms with E-state index < -0.39 is 0 Å². The van der Waals surface area contributed by atoms with Crippen molar-refractivity contribution in [3.05, 3.63) is 24.2 Å². The number of hydrogen-bond acceptors (Lipinski definition) is 5. The van der Waals surface area contributed by atoms with Gasteiger partial charge in [-0.2, -0.15) is 0 Å². The monoisotopic (exact) mass is 318 g/mol. The highest BCUT2D eigenvalue weighted by Crippen LogP contribution is 2.17. The van der Waals surface area contributed by atoms with Gasteiger partial charge in [-0.15, -0.1) is 5.10 Å². The van der Waals surface area contributed by atoms with E-state index in [1.807, 2.05) is 12.1 Å². The topological polar surface area (TPSA) is 91.6 Å². The van der Waals surface area contributed by atoms with Gasteiger partial charge in [0.1, 0.15) is 5.82 Å². The maximum Gasteiger partial charge on any atom is 0.216 e. The van der Waals surface area contributed by atoms with Crippen LogP contribution in [0, 0.1) is 5.92 Å². The van der Waals surface area contributed by atoms with Crippen LogP contribution in [0.3, 0.4) is 0 Å². The smallest absolute Gasteiger partial charge is 0.216 e. The van der Waals surface area contributed by atoms with E-state index in [1.54, 1.807) is 20.4 Å². The van der Waals surface area contributed by atoms with Gasteiger partial charge < -0.3 is 19.4 Å². The van der Waals surface area contributed by atoms with Gasteiger partial charge in [-0.1, -0.05) is 0 Å². The molecule has 1 atom stereocenters. The first kappa shape index (κ1) is 15.5. The molecule has 0 saturated carbocycles. The van der Waals surface area contributed by atoms with Crippen molar-refractivity contribution < 1.29 is 9.15 Å². The number of nitrogens with one attached hydrogen (secondary N) is 2. The Morgan fingerprint density at radius 2 is 2.52 bits per heavy atom. The third-order valence-corrected chi connectivity index (χ3v) is 3.89. The molecule has 1 saturated heterocycles. The second kappa shape index (κ2) is 7.28. The molecule has 2 N–H and O–H groups in total. The van der Waals surface area contributed by atoms with Crippen LogP contribution in [0.5, 0.6) is 0 Å². The Kier molecular flexibility index (Phi) is 4.92. The molecular weight excluding hydrogens is 296 g/mol. The number of furan rings is 1. The van der Waals surface area contributed by atoms with Crippen LogP contribution in [-0.2, 0) is 11.3 Å². The zero-order chi connectivity index (χ0) is 16.1. The van der Waals surface area contributed by atoms with E-state index in [4.69, 9.17) is 9.15 Å². The molecule has 8 heteroatoms. The zero-order valence-corrected chi connectivity index (χ0v) is 13.5. The summed E-state index contributed by atoms with van der Waals surface area (Å²) >= 11 is 0. The van der Waals surface area contributed by atoms with Crippen molar-refractivity contribution in [2.45, 2.75) is 13.0 Å². The number of ether oxygens (including phenoxy) is 1. The molecule has 2 aromatic rings. The lowest BCUT2D eigenvalue weighted by atomic mass is 10.1. The molecule has 0 amide bonds. The number of methoxy groups -OCH3 is 1. The number of aromatic amines is 1. The third kappa shape index (κ3) is 3.70. The molecule has 8 nitrogen and oxygen atoms in total. The van der Waals surface area contributed by atoms with Crippen molar-refractivity contribution in [3.63, 3.8) is 0 Å². The normalized spacial score (nSPS) is 18.6. The lowest BCUT2D eigenvalue weighted by Crippen LogP contribution is -2.40. The van der Waals surface area contributed by atoms with E-state index in [2.05, 4.69) is 30.4 Å². The molecule has 0 aromatic carbocycles. The number of H-pyrrole nitrogens is 1. The van der Waals surface area contributed by atoms with Gasteiger partial charge in [-0.25, -0.2) is 4.98 Å². The number of nitrogens with zero attached hydrogens (tertiary/aromatic N) is 4. The largest absolute Gasteiger partial charge is 0.461 e. The fourth-order valence-electron chi connectivity index (χ4n) is 2.78. The summed E-state index contributed by atoms with van der Waals surface area (Å²) in [5, 5.41) is 10.4. The Hall–Kier alpha value is -2.35. The quantitative estimate of drug-likeness (QED) is 0.634. The van der Waals surface area contributed by atoms with Crippen molar-refractivity contribution in [3.8, 4) is 11.6 Å². The van der Waals surface area contributed by atoms with E-state index in [0.29, 0.717) is 24.0 Å². The summed E-state index contributed by atoms with van der Waals surface area (Å²) in [5.74, 6) is 3.39. The minimum absolute atomic E-state index is 0.534. The summed E-state index contributed by atoms with van der Waals surface area (Å²) in [6.07, 6.45) is 2.73. The van der Waals surface area contributed by atoms with E-state index >= 15 is 0 Å². The number of guanidine groups is 1. The van der Waals surface area contributed by atoms with Gasteiger partial charge in [0, 0.05) is 33.2 Å². The third-order valence-electron chi connectivity index (χ3n) is 3.89. The van der Waals surface area contributed by atoms with Gasteiger partial charge in [-0.3, -0.25) is 10.1 Å². The average Bonchev–Trinajstić information content (AvgIpc) is 3.30. The first-order valence-corrected chi connectivity index (χ1v) is 7.70. The minimum atomic E-state index is 0.534. The summed E-state index contributed by atoms with van der Waals surface area (Å²) in [5.41, 5.74) is 0. The van der Waals surface area contributed by atoms with Gasteiger partial charge in [0.25, 0.3) is 0 Å². The van der Waals surface area contributed by atoms with Crippen LogP contribution in [0.1, 0.15) is 12.2 Å². The molecule has 124 valence electrons. The van der Waals surface area contributed by atoms with Crippen molar-refractivity contribution in [2.75, 3.05) is 33.9 Å².